The Kier molecular flexibility index (Phi) is 6.72. The number of hydrogen-bond donors (Lipinski definition) is 2. The molecule has 34 heavy (non-hydrogen) atoms. The predicted octanol–water partition coefficient (Wildman–Crippen LogP) is 2.23. The maximum atomic E-state index is 12.9. The van der Waals surface area contributed by atoms with Gasteiger partial charge in [0.05, 0.1) is 38.1 Å². The number of aromatic nitrogens is 4. The van der Waals surface area contributed by atoms with Crippen LogP contribution in [-0.2, 0) is 16.1 Å². The summed E-state index contributed by atoms with van der Waals surface area (Å²) in [6.07, 6.45) is 0. The maximum absolute atomic E-state index is 12.9. The largest absolute Gasteiger partial charge is 0.493 e. The van der Waals surface area contributed by atoms with Crippen LogP contribution in [0, 0.1) is 0 Å². The molecule has 0 spiro atoms. The predicted molar refractivity (Wildman–Crippen MR) is 121 cm³/mol. The lowest BCUT2D eigenvalue weighted by Crippen LogP contribution is -2.47. The second kappa shape index (κ2) is 10.0. The number of ether oxygens (including phenoxy) is 3. The number of nitrogens with zero attached hydrogens (tertiary/aromatic N) is 4. The van der Waals surface area contributed by atoms with Gasteiger partial charge in [-0.1, -0.05) is 30.3 Å². The highest BCUT2D eigenvalue weighted by Crippen LogP contribution is 2.31. The van der Waals surface area contributed by atoms with Crippen LogP contribution in [0.25, 0.3) is 11.4 Å². The fraction of sp³-hybridized carbons (Fsp3) is 0.261. The molecule has 2 N–H and O–H groups in total. The number of benzene rings is 2. The lowest BCUT2D eigenvalue weighted by atomic mass is 9.95. The molecule has 1 aliphatic rings. The third-order valence-corrected chi connectivity index (χ3v) is 5.18. The molecule has 2 amide bonds. The smallest absolute Gasteiger partial charge is 0.338 e. The highest BCUT2D eigenvalue weighted by molar-refractivity contribution is 5.95. The van der Waals surface area contributed by atoms with Gasteiger partial charge < -0.3 is 24.8 Å². The number of urea groups is 1. The van der Waals surface area contributed by atoms with Gasteiger partial charge in [0.2, 0.25) is 5.82 Å². The summed E-state index contributed by atoms with van der Waals surface area (Å²) in [6.45, 7) is 1.92. The number of carbonyl (C=O) groups excluding carboxylic acids is 2. The minimum Gasteiger partial charge on any atom is -0.493 e. The summed E-state index contributed by atoms with van der Waals surface area (Å²) in [6, 6.07) is 13.3. The van der Waals surface area contributed by atoms with E-state index < -0.39 is 18.0 Å². The molecule has 0 aliphatic carbocycles. The summed E-state index contributed by atoms with van der Waals surface area (Å²) in [4.78, 5) is 26.6. The summed E-state index contributed by atoms with van der Waals surface area (Å²) >= 11 is 0. The molecule has 1 unspecified atom stereocenters. The van der Waals surface area contributed by atoms with Crippen LogP contribution in [0.15, 0.2) is 59.8 Å². The normalized spacial score (nSPS) is 15.4. The van der Waals surface area contributed by atoms with Crippen LogP contribution in [-0.4, -0.2) is 53.0 Å². The summed E-state index contributed by atoms with van der Waals surface area (Å²) < 4.78 is 15.9. The molecule has 2 aromatic carbocycles. The van der Waals surface area contributed by atoms with Gasteiger partial charge in [0.15, 0.2) is 11.5 Å². The zero-order chi connectivity index (χ0) is 24.1. The van der Waals surface area contributed by atoms with E-state index in [0.29, 0.717) is 28.6 Å². The Balaban J connectivity index is 1.69. The monoisotopic (exact) mass is 464 g/mol. The van der Waals surface area contributed by atoms with Gasteiger partial charge in [-0.05, 0) is 35.9 Å². The zero-order valence-corrected chi connectivity index (χ0v) is 18.9. The van der Waals surface area contributed by atoms with Gasteiger partial charge in [0.1, 0.15) is 6.54 Å². The summed E-state index contributed by atoms with van der Waals surface area (Å²) in [7, 11) is 3.09. The topological polar surface area (TPSA) is 129 Å². The molecule has 0 saturated carbocycles. The van der Waals surface area contributed by atoms with Crippen LogP contribution >= 0.6 is 0 Å². The van der Waals surface area contributed by atoms with Crippen molar-refractivity contribution in [2.75, 3.05) is 20.8 Å². The Morgan fingerprint density at radius 2 is 1.85 bits per heavy atom. The second-order valence-electron chi connectivity index (χ2n) is 7.27. The van der Waals surface area contributed by atoms with Crippen molar-refractivity contribution in [3.8, 4) is 22.9 Å². The molecule has 11 nitrogen and oxygen atoms in total. The van der Waals surface area contributed by atoms with E-state index in [1.54, 1.807) is 32.2 Å². The SMILES string of the molecule is CCOC(=O)C1=C(Cn2nnc(-c3ccc(OC)c(OC)c3)n2)NC(=O)NC1c1ccccc1. The Hall–Kier alpha value is -4.41. The van der Waals surface area contributed by atoms with Gasteiger partial charge >= 0.3 is 12.0 Å². The second-order valence-corrected chi connectivity index (χ2v) is 7.27. The van der Waals surface area contributed by atoms with E-state index in [0.717, 1.165) is 5.56 Å². The molecular weight excluding hydrogens is 440 g/mol. The fourth-order valence-electron chi connectivity index (χ4n) is 3.63. The molecule has 4 rings (SSSR count). The Labute approximate surface area is 195 Å². The molecule has 0 radical (unpaired) electrons. The quantitative estimate of drug-likeness (QED) is 0.486. The van der Waals surface area contributed by atoms with Crippen LogP contribution in [0.3, 0.4) is 0 Å². The van der Waals surface area contributed by atoms with Crippen molar-refractivity contribution >= 4 is 12.0 Å². The van der Waals surface area contributed by atoms with E-state index >= 15 is 0 Å². The maximum Gasteiger partial charge on any atom is 0.338 e. The number of methoxy groups -OCH3 is 2. The van der Waals surface area contributed by atoms with Crippen molar-refractivity contribution in [1.29, 1.82) is 0 Å². The minimum atomic E-state index is -0.683. The van der Waals surface area contributed by atoms with Gasteiger partial charge in [-0.3, -0.25) is 0 Å². The van der Waals surface area contributed by atoms with Crippen molar-refractivity contribution < 1.29 is 23.8 Å². The number of allylic oxidation sites excluding steroid dienone is 1. The van der Waals surface area contributed by atoms with Crippen molar-refractivity contribution in [2.45, 2.75) is 19.5 Å². The van der Waals surface area contributed by atoms with Crippen molar-refractivity contribution in [2.24, 2.45) is 0 Å². The van der Waals surface area contributed by atoms with Crippen LogP contribution in [0.2, 0.25) is 0 Å². The van der Waals surface area contributed by atoms with Gasteiger partial charge in [-0.25, -0.2) is 9.59 Å². The Morgan fingerprint density at radius 3 is 2.56 bits per heavy atom. The van der Waals surface area contributed by atoms with Crippen molar-refractivity contribution in [3.05, 3.63) is 65.4 Å². The lowest BCUT2D eigenvalue weighted by molar-refractivity contribution is -0.139. The van der Waals surface area contributed by atoms with E-state index in [1.807, 2.05) is 30.3 Å². The number of esters is 1. The first-order valence-corrected chi connectivity index (χ1v) is 10.6. The van der Waals surface area contributed by atoms with Crippen LogP contribution in [0.1, 0.15) is 18.5 Å². The molecule has 2 heterocycles. The number of rotatable bonds is 8. The fourth-order valence-corrected chi connectivity index (χ4v) is 3.63. The molecular formula is C23H24N6O5. The average molecular weight is 464 g/mol. The number of carbonyl (C=O) groups is 2. The highest BCUT2D eigenvalue weighted by atomic mass is 16.5. The summed E-state index contributed by atoms with van der Waals surface area (Å²) in [5, 5.41) is 18.1. The van der Waals surface area contributed by atoms with E-state index in [1.165, 1.54) is 11.9 Å². The number of tetrazole rings is 1. The summed E-state index contributed by atoms with van der Waals surface area (Å²) in [5.41, 5.74) is 2.01. The van der Waals surface area contributed by atoms with E-state index in [9.17, 15) is 9.59 Å². The van der Waals surface area contributed by atoms with E-state index in [-0.39, 0.29) is 18.7 Å². The first kappa shape index (κ1) is 22.8. The standard InChI is InChI=1S/C23H24N6O5/c1-4-34-22(30)19-16(24-23(31)25-20(19)14-8-6-5-7-9-14)13-29-27-21(26-28-29)15-10-11-17(32-2)18(12-15)33-3/h5-12,20H,4,13H2,1-3H3,(H2,24,25,31). The Bertz CT molecular complexity index is 1220. The average Bonchev–Trinajstić information content (AvgIpc) is 3.32. The molecule has 1 aromatic heterocycles. The van der Waals surface area contributed by atoms with E-state index in [4.69, 9.17) is 14.2 Å². The Morgan fingerprint density at radius 1 is 1.09 bits per heavy atom. The van der Waals surface area contributed by atoms with Crippen LogP contribution < -0.4 is 20.1 Å². The van der Waals surface area contributed by atoms with Crippen molar-refractivity contribution in [3.63, 3.8) is 0 Å². The van der Waals surface area contributed by atoms with E-state index in [2.05, 4.69) is 26.0 Å². The molecule has 176 valence electrons. The molecule has 11 heteroatoms. The first-order valence-electron chi connectivity index (χ1n) is 10.6. The van der Waals surface area contributed by atoms with Gasteiger partial charge in [0, 0.05) is 5.56 Å². The molecule has 3 aromatic rings. The van der Waals surface area contributed by atoms with Crippen molar-refractivity contribution in [1.82, 2.24) is 30.8 Å². The van der Waals surface area contributed by atoms with Gasteiger partial charge in [0.25, 0.3) is 0 Å². The van der Waals surface area contributed by atoms with Gasteiger partial charge in [-0.15, -0.1) is 10.2 Å². The third kappa shape index (κ3) is 4.68. The minimum absolute atomic E-state index is 0.00515. The van der Waals surface area contributed by atoms with Crippen LogP contribution in [0.4, 0.5) is 4.79 Å². The third-order valence-electron chi connectivity index (χ3n) is 5.18. The van der Waals surface area contributed by atoms with Gasteiger partial charge in [-0.2, -0.15) is 4.80 Å². The highest BCUT2D eigenvalue weighted by Gasteiger charge is 2.34. The number of nitrogens with one attached hydrogen (secondary N) is 2. The van der Waals surface area contributed by atoms with Crippen LogP contribution in [0.5, 0.6) is 11.5 Å². The first-order chi connectivity index (χ1) is 16.5. The molecule has 1 atom stereocenters. The zero-order valence-electron chi connectivity index (χ0n) is 18.9. The molecule has 1 aliphatic heterocycles. The number of hydrogen-bond acceptors (Lipinski definition) is 8. The molecule has 0 fully saturated rings. The summed E-state index contributed by atoms with van der Waals surface area (Å²) in [5.74, 6) is 0.908. The lowest BCUT2D eigenvalue weighted by Gasteiger charge is -2.29. The number of amides is 2. The molecule has 0 saturated heterocycles. The molecule has 0 bridgehead atoms.